The second-order valence-electron chi connectivity index (χ2n) is 5.93. The van der Waals surface area contributed by atoms with Crippen LogP contribution in [-0.2, 0) is 9.59 Å². The zero-order chi connectivity index (χ0) is 13.3. The molecule has 2 fully saturated rings. The quantitative estimate of drug-likeness (QED) is 0.781. The van der Waals surface area contributed by atoms with E-state index in [1.165, 1.54) is 12.5 Å². The summed E-state index contributed by atoms with van der Waals surface area (Å²) in [6.07, 6.45) is 4.61. The summed E-state index contributed by atoms with van der Waals surface area (Å²) in [5, 5.41) is 2.96. The van der Waals surface area contributed by atoms with Crippen molar-refractivity contribution >= 4 is 11.7 Å². The second kappa shape index (κ2) is 5.25. The van der Waals surface area contributed by atoms with Crippen molar-refractivity contribution in [2.75, 3.05) is 0 Å². The summed E-state index contributed by atoms with van der Waals surface area (Å²) in [5.41, 5.74) is 1.28. The number of amides is 1. The third-order valence-corrected chi connectivity index (χ3v) is 4.40. The molecule has 2 aliphatic rings. The van der Waals surface area contributed by atoms with Crippen molar-refractivity contribution in [3.05, 3.63) is 12.2 Å². The minimum absolute atomic E-state index is 0.00634. The number of Topliss-reactive ketones (excluding diaryl/α,β-unsaturated/α-hetero) is 1. The van der Waals surface area contributed by atoms with Gasteiger partial charge in [-0.05, 0) is 37.5 Å². The van der Waals surface area contributed by atoms with E-state index in [9.17, 15) is 9.59 Å². The molecule has 0 aromatic rings. The van der Waals surface area contributed by atoms with E-state index in [-0.39, 0.29) is 17.9 Å². The van der Waals surface area contributed by atoms with E-state index < -0.39 is 0 Å². The van der Waals surface area contributed by atoms with Crippen molar-refractivity contribution in [1.82, 2.24) is 5.32 Å². The van der Waals surface area contributed by atoms with Crippen LogP contribution >= 0.6 is 0 Å². The Morgan fingerprint density at radius 1 is 1.44 bits per heavy atom. The normalized spacial score (nSPS) is 33.1. The van der Waals surface area contributed by atoms with Crippen LogP contribution in [0.2, 0.25) is 0 Å². The Morgan fingerprint density at radius 3 is 2.78 bits per heavy atom. The Balaban J connectivity index is 2.16. The van der Waals surface area contributed by atoms with Gasteiger partial charge in [0.1, 0.15) is 5.78 Å². The van der Waals surface area contributed by atoms with Gasteiger partial charge in [-0.1, -0.05) is 19.1 Å². The minimum Gasteiger partial charge on any atom is -0.353 e. The van der Waals surface area contributed by atoms with Gasteiger partial charge in [0.25, 0.3) is 0 Å². The van der Waals surface area contributed by atoms with Crippen molar-refractivity contribution in [3.8, 4) is 0 Å². The first kappa shape index (κ1) is 13.3. The van der Waals surface area contributed by atoms with Gasteiger partial charge in [0.15, 0.2) is 0 Å². The van der Waals surface area contributed by atoms with E-state index in [0.29, 0.717) is 24.0 Å². The molecule has 0 aromatic heterocycles. The SMILES string of the molecule is C=C1CC2C[C@H](C1)CC(=O)[C@@H]2[C@H](CC)NC(C)=O. The zero-order valence-electron chi connectivity index (χ0n) is 11.4. The average Bonchev–Trinajstić information content (AvgIpc) is 2.25. The van der Waals surface area contributed by atoms with Crippen molar-refractivity contribution in [2.24, 2.45) is 17.8 Å². The molecule has 0 radical (unpaired) electrons. The van der Waals surface area contributed by atoms with Crippen LogP contribution in [0, 0.1) is 17.8 Å². The summed E-state index contributed by atoms with van der Waals surface area (Å²) >= 11 is 0. The van der Waals surface area contributed by atoms with Gasteiger partial charge in [0, 0.05) is 25.3 Å². The lowest BCUT2D eigenvalue weighted by Crippen LogP contribution is -2.49. The molecule has 0 spiro atoms. The third-order valence-electron chi connectivity index (χ3n) is 4.40. The molecule has 0 aromatic carbocycles. The van der Waals surface area contributed by atoms with E-state index in [1.54, 1.807) is 0 Å². The van der Waals surface area contributed by atoms with Gasteiger partial charge in [-0.25, -0.2) is 0 Å². The molecule has 1 unspecified atom stereocenters. The smallest absolute Gasteiger partial charge is 0.217 e. The highest BCUT2D eigenvalue weighted by Gasteiger charge is 2.43. The first-order valence-electron chi connectivity index (χ1n) is 6.97. The maximum absolute atomic E-state index is 12.3. The van der Waals surface area contributed by atoms with E-state index in [1.807, 2.05) is 6.92 Å². The highest BCUT2D eigenvalue weighted by Crippen LogP contribution is 2.44. The third kappa shape index (κ3) is 2.65. The highest BCUT2D eigenvalue weighted by atomic mass is 16.1. The Labute approximate surface area is 109 Å². The van der Waals surface area contributed by atoms with Gasteiger partial charge in [0.2, 0.25) is 5.91 Å². The van der Waals surface area contributed by atoms with Gasteiger partial charge in [-0.3, -0.25) is 9.59 Å². The molecule has 1 amide bonds. The van der Waals surface area contributed by atoms with Crippen LogP contribution in [0.3, 0.4) is 0 Å². The van der Waals surface area contributed by atoms with Crippen LogP contribution in [0.25, 0.3) is 0 Å². The molecular weight excluding hydrogens is 226 g/mol. The van der Waals surface area contributed by atoms with E-state index in [0.717, 1.165) is 25.7 Å². The fourth-order valence-corrected chi connectivity index (χ4v) is 3.83. The molecule has 18 heavy (non-hydrogen) atoms. The largest absolute Gasteiger partial charge is 0.353 e. The van der Waals surface area contributed by atoms with Gasteiger partial charge in [0.05, 0.1) is 0 Å². The summed E-state index contributed by atoms with van der Waals surface area (Å²) in [7, 11) is 0. The molecule has 2 aliphatic carbocycles. The predicted octanol–water partition coefficient (Wildman–Crippen LogP) is 2.46. The molecule has 4 atom stereocenters. The molecule has 3 nitrogen and oxygen atoms in total. The van der Waals surface area contributed by atoms with Gasteiger partial charge >= 0.3 is 0 Å². The number of nitrogens with one attached hydrogen (secondary N) is 1. The van der Waals surface area contributed by atoms with Crippen molar-refractivity contribution < 1.29 is 9.59 Å². The lowest BCUT2D eigenvalue weighted by Gasteiger charge is -2.43. The summed E-state index contributed by atoms with van der Waals surface area (Å²) in [6, 6.07) is 0.00634. The molecule has 0 heterocycles. The summed E-state index contributed by atoms with van der Waals surface area (Å²) in [4.78, 5) is 23.6. The van der Waals surface area contributed by atoms with Crippen LogP contribution in [0.4, 0.5) is 0 Å². The lowest BCUT2D eigenvalue weighted by atomic mass is 9.63. The van der Waals surface area contributed by atoms with Crippen molar-refractivity contribution in [3.63, 3.8) is 0 Å². The Hall–Kier alpha value is -1.12. The molecule has 2 bridgehead atoms. The number of fused-ring (bicyclic) bond motifs is 2. The molecule has 2 saturated carbocycles. The van der Waals surface area contributed by atoms with Crippen LogP contribution < -0.4 is 5.32 Å². The minimum atomic E-state index is -0.0357. The lowest BCUT2D eigenvalue weighted by molar-refractivity contribution is -0.131. The highest BCUT2D eigenvalue weighted by molar-refractivity contribution is 5.84. The van der Waals surface area contributed by atoms with Gasteiger partial charge in [-0.2, -0.15) is 0 Å². The maximum atomic E-state index is 12.3. The molecular formula is C15H23NO2. The zero-order valence-corrected chi connectivity index (χ0v) is 11.4. The number of carbonyl (C=O) groups excluding carboxylic acids is 2. The monoisotopic (exact) mass is 249 g/mol. The number of rotatable bonds is 3. The van der Waals surface area contributed by atoms with Crippen molar-refractivity contribution in [1.29, 1.82) is 0 Å². The second-order valence-corrected chi connectivity index (χ2v) is 5.93. The number of allylic oxidation sites excluding steroid dienone is 1. The molecule has 3 heteroatoms. The van der Waals surface area contributed by atoms with Crippen LogP contribution in [-0.4, -0.2) is 17.7 Å². The Kier molecular flexibility index (Phi) is 3.88. The molecule has 2 rings (SSSR count). The first-order valence-corrected chi connectivity index (χ1v) is 6.97. The van der Waals surface area contributed by atoms with E-state index in [2.05, 4.69) is 11.9 Å². The van der Waals surface area contributed by atoms with Gasteiger partial charge < -0.3 is 5.32 Å². The first-order chi connectivity index (χ1) is 8.51. The topological polar surface area (TPSA) is 46.2 Å². The summed E-state index contributed by atoms with van der Waals surface area (Å²) in [5.74, 6) is 1.23. The van der Waals surface area contributed by atoms with Crippen molar-refractivity contribution in [2.45, 2.75) is 52.0 Å². The Morgan fingerprint density at radius 2 is 2.17 bits per heavy atom. The fourth-order valence-electron chi connectivity index (χ4n) is 3.83. The predicted molar refractivity (Wildman–Crippen MR) is 71.0 cm³/mol. The number of hydrogen-bond donors (Lipinski definition) is 1. The maximum Gasteiger partial charge on any atom is 0.217 e. The molecule has 0 aliphatic heterocycles. The Bertz CT molecular complexity index is 371. The summed E-state index contributed by atoms with van der Waals surface area (Å²) < 4.78 is 0. The van der Waals surface area contributed by atoms with Gasteiger partial charge in [-0.15, -0.1) is 0 Å². The molecule has 1 N–H and O–H groups in total. The average molecular weight is 249 g/mol. The number of hydrogen-bond acceptors (Lipinski definition) is 2. The summed E-state index contributed by atoms with van der Waals surface area (Å²) in [6.45, 7) is 7.67. The number of ketones is 1. The fraction of sp³-hybridized carbons (Fsp3) is 0.733. The van der Waals surface area contributed by atoms with Crippen LogP contribution in [0.5, 0.6) is 0 Å². The molecule has 100 valence electrons. The number of carbonyl (C=O) groups is 2. The van der Waals surface area contributed by atoms with E-state index >= 15 is 0 Å². The molecule has 0 saturated heterocycles. The standard InChI is InChI=1S/C15H23NO2/c1-4-13(16-10(3)17)15-12-6-9(2)5-11(7-12)8-14(15)18/h11-13,15H,2,4-8H2,1,3H3,(H,16,17)/t11-,12?,13-,15-/m0/s1. The van der Waals surface area contributed by atoms with Crippen LogP contribution in [0.1, 0.15) is 46.0 Å². The van der Waals surface area contributed by atoms with E-state index in [4.69, 9.17) is 0 Å². The van der Waals surface area contributed by atoms with Crippen LogP contribution in [0.15, 0.2) is 12.2 Å².